The van der Waals surface area contributed by atoms with E-state index >= 15 is 0 Å². The van der Waals surface area contributed by atoms with Crippen molar-refractivity contribution in [3.63, 3.8) is 0 Å². The molecule has 0 bridgehead atoms. The van der Waals surface area contributed by atoms with Gasteiger partial charge in [0.2, 0.25) is 11.8 Å². The van der Waals surface area contributed by atoms with Crippen LogP contribution in [0.15, 0.2) is 24.3 Å². The van der Waals surface area contributed by atoms with Crippen LogP contribution in [0.1, 0.15) is 18.4 Å². The van der Waals surface area contributed by atoms with E-state index in [1.54, 1.807) is 16.9 Å². The number of likely N-dealkylation sites (tertiary alicyclic amines) is 1. The Labute approximate surface area is 154 Å². The maximum absolute atomic E-state index is 12.5. The number of piperidine rings is 1. The molecule has 26 heavy (non-hydrogen) atoms. The summed E-state index contributed by atoms with van der Waals surface area (Å²) in [5.41, 5.74) is 1.01. The minimum atomic E-state index is -0.349. The van der Waals surface area contributed by atoms with E-state index in [9.17, 15) is 14.7 Å². The molecule has 1 atom stereocenters. The standard InChI is InChI=1S/C19H27N3O4/c1-26-17-6-2-4-15(10-17)11-21-8-9-22(14-19(21)25)18(24)13-20-7-3-5-16(23)12-20/h2,4,6,10,16,23H,3,5,7-9,11-14H2,1H3/t16-/m1/s1. The van der Waals surface area contributed by atoms with Crippen molar-refractivity contribution < 1.29 is 19.4 Å². The third-order valence-corrected chi connectivity index (χ3v) is 5.02. The van der Waals surface area contributed by atoms with Crippen molar-refractivity contribution in [3.8, 4) is 5.75 Å². The molecule has 0 saturated carbocycles. The summed E-state index contributed by atoms with van der Waals surface area (Å²) >= 11 is 0. The predicted molar refractivity (Wildman–Crippen MR) is 96.7 cm³/mol. The molecular weight excluding hydrogens is 334 g/mol. The lowest BCUT2D eigenvalue weighted by molar-refractivity contribution is -0.146. The Balaban J connectivity index is 1.51. The number of aliphatic hydroxyl groups is 1. The zero-order chi connectivity index (χ0) is 18.5. The van der Waals surface area contributed by atoms with E-state index in [1.807, 2.05) is 29.2 Å². The molecule has 2 fully saturated rings. The molecule has 0 spiro atoms. The number of β-amino-alcohol motifs (C(OH)–C–C–N with tert-alkyl or cyclic N) is 1. The molecule has 2 heterocycles. The van der Waals surface area contributed by atoms with E-state index in [-0.39, 0.29) is 31.0 Å². The van der Waals surface area contributed by atoms with Crippen LogP contribution in [0.3, 0.4) is 0 Å². The van der Waals surface area contributed by atoms with Crippen molar-refractivity contribution in [2.75, 3.05) is 46.4 Å². The molecule has 0 aliphatic carbocycles. The highest BCUT2D eigenvalue weighted by molar-refractivity contribution is 5.86. The van der Waals surface area contributed by atoms with Crippen molar-refractivity contribution in [1.29, 1.82) is 0 Å². The fourth-order valence-corrected chi connectivity index (χ4v) is 3.55. The summed E-state index contributed by atoms with van der Waals surface area (Å²) in [6, 6.07) is 7.67. The van der Waals surface area contributed by atoms with Gasteiger partial charge in [-0.25, -0.2) is 0 Å². The van der Waals surface area contributed by atoms with Crippen LogP contribution in [0.2, 0.25) is 0 Å². The van der Waals surface area contributed by atoms with Crippen molar-refractivity contribution >= 4 is 11.8 Å². The largest absolute Gasteiger partial charge is 0.497 e. The normalized spacial score (nSPS) is 21.8. The van der Waals surface area contributed by atoms with Gasteiger partial charge in [0, 0.05) is 26.2 Å². The summed E-state index contributed by atoms with van der Waals surface area (Å²) in [4.78, 5) is 30.3. The Hall–Kier alpha value is -2.12. The third kappa shape index (κ3) is 4.74. The van der Waals surface area contributed by atoms with Gasteiger partial charge in [0.15, 0.2) is 0 Å². The van der Waals surface area contributed by atoms with Gasteiger partial charge in [0.1, 0.15) is 5.75 Å². The molecule has 0 radical (unpaired) electrons. The SMILES string of the molecule is COc1cccc(CN2CCN(C(=O)CN3CCC[C@@H](O)C3)CC2=O)c1. The first-order chi connectivity index (χ1) is 12.5. The lowest BCUT2D eigenvalue weighted by atomic mass is 10.1. The van der Waals surface area contributed by atoms with E-state index in [2.05, 4.69) is 0 Å². The molecule has 3 rings (SSSR count). The molecule has 1 aromatic rings. The smallest absolute Gasteiger partial charge is 0.242 e. The zero-order valence-corrected chi connectivity index (χ0v) is 15.3. The van der Waals surface area contributed by atoms with Gasteiger partial charge in [0.05, 0.1) is 26.3 Å². The summed E-state index contributed by atoms with van der Waals surface area (Å²) in [6.45, 7) is 3.37. The number of piperazine rings is 1. The third-order valence-electron chi connectivity index (χ3n) is 5.02. The topological polar surface area (TPSA) is 73.3 Å². The van der Waals surface area contributed by atoms with E-state index in [0.717, 1.165) is 30.7 Å². The Morgan fingerprint density at radius 3 is 2.88 bits per heavy atom. The lowest BCUT2D eigenvalue weighted by Gasteiger charge is -2.36. The molecule has 7 heteroatoms. The molecular formula is C19H27N3O4. The number of aliphatic hydroxyl groups excluding tert-OH is 1. The average molecular weight is 361 g/mol. The molecule has 7 nitrogen and oxygen atoms in total. The van der Waals surface area contributed by atoms with Gasteiger partial charge in [0.25, 0.3) is 0 Å². The molecule has 2 aliphatic heterocycles. The van der Waals surface area contributed by atoms with E-state index < -0.39 is 0 Å². The second kappa shape index (κ2) is 8.51. The maximum atomic E-state index is 12.5. The number of methoxy groups -OCH3 is 1. The second-order valence-corrected chi connectivity index (χ2v) is 7.01. The summed E-state index contributed by atoms with van der Waals surface area (Å²) in [5, 5.41) is 9.72. The van der Waals surface area contributed by atoms with E-state index in [4.69, 9.17) is 4.74 Å². The number of hydrogen-bond donors (Lipinski definition) is 1. The molecule has 2 amide bonds. The average Bonchev–Trinajstić information content (AvgIpc) is 2.63. The minimum Gasteiger partial charge on any atom is -0.497 e. The first kappa shape index (κ1) is 18.7. The van der Waals surface area contributed by atoms with Gasteiger partial charge in [-0.2, -0.15) is 0 Å². The number of rotatable bonds is 5. The second-order valence-electron chi connectivity index (χ2n) is 7.01. The first-order valence-electron chi connectivity index (χ1n) is 9.14. The summed E-state index contributed by atoms with van der Waals surface area (Å²) < 4.78 is 5.22. The molecule has 2 saturated heterocycles. The van der Waals surface area contributed by atoms with Crippen LogP contribution in [0.5, 0.6) is 5.75 Å². The predicted octanol–water partition coefficient (Wildman–Crippen LogP) is 0.323. The number of carbonyl (C=O) groups is 2. The van der Waals surface area contributed by atoms with Crippen LogP contribution >= 0.6 is 0 Å². The Bertz CT molecular complexity index is 651. The van der Waals surface area contributed by atoms with Gasteiger partial charge >= 0.3 is 0 Å². The maximum Gasteiger partial charge on any atom is 0.242 e. The first-order valence-corrected chi connectivity index (χ1v) is 9.14. The number of carbonyl (C=O) groups excluding carboxylic acids is 2. The van der Waals surface area contributed by atoms with Gasteiger partial charge < -0.3 is 19.6 Å². The molecule has 1 N–H and O–H groups in total. The van der Waals surface area contributed by atoms with E-state index in [0.29, 0.717) is 26.2 Å². The van der Waals surface area contributed by atoms with Crippen molar-refractivity contribution in [2.24, 2.45) is 0 Å². The van der Waals surface area contributed by atoms with Crippen LogP contribution in [-0.4, -0.2) is 84.1 Å². The molecule has 2 aliphatic rings. The fraction of sp³-hybridized carbons (Fsp3) is 0.579. The molecule has 0 unspecified atom stereocenters. The summed E-state index contributed by atoms with van der Waals surface area (Å²) in [7, 11) is 1.62. The number of ether oxygens (including phenoxy) is 1. The van der Waals surface area contributed by atoms with Crippen LogP contribution < -0.4 is 4.74 Å². The van der Waals surface area contributed by atoms with Gasteiger partial charge in [-0.15, -0.1) is 0 Å². The Morgan fingerprint density at radius 1 is 1.31 bits per heavy atom. The number of benzene rings is 1. The highest BCUT2D eigenvalue weighted by Gasteiger charge is 2.29. The van der Waals surface area contributed by atoms with Crippen molar-refractivity contribution in [1.82, 2.24) is 14.7 Å². The quantitative estimate of drug-likeness (QED) is 0.818. The number of hydrogen-bond acceptors (Lipinski definition) is 5. The Kier molecular flexibility index (Phi) is 6.11. The molecule has 0 aromatic heterocycles. The monoisotopic (exact) mass is 361 g/mol. The minimum absolute atomic E-state index is 0.0338. The number of amides is 2. The van der Waals surface area contributed by atoms with Crippen molar-refractivity contribution in [2.45, 2.75) is 25.5 Å². The van der Waals surface area contributed by atoms with Gasteiger partial charge in [-0.3, -0.25) is 14.5 Å². The Morgan fingerprint density at radius 2 is 2.15 bits per heavy atom. The van der Waals surface area contributed by atoms with Gasteiger partial charge in [-0.1, -0.05) is 12.1 Å². The van der Waals surface area contributed by atoms with E-state index in [1.165, 1.54) is 0 Å². The van der Waals surface area contributed by atoms with Gasteiger partial charge in [-0.05, 0) is 37.1 Å². The summed E-state index contributed by atoms with van der Waals surface area (Å²) in [5.74, 6) is 0.701. The van der Waals surface area contributed by atoms with Crippen LogP contribution in [-0.2, 0) is 16.1 Å². The fourth-order valence-electron chi connectivity index (χ4n) is 3.55. The highest BCUT2D eigenvalue weighted by atomic mass is 16.5. The number of nitrogens with zero attached hydrogens (tertiary/aromatic N) is 3. The molecule has 1 aromatic carbocycles. The van der Waals surface area contributed by atoms with Crippen LogP contribution in [0.4, 0.5) is 0 Å². The van der Waals surface area contributed by atoms with Crippen molar-refractivity contribution in [3.05, 3.63) is 29.8 Å². The van der Waals surface area contributed by atoms with Crippen LogP contribution in [0, 0.1) is 0 Å². The highest BCUT2D eigenvalue weighted by Crippen LogP contribution is 2.16. The zero-order valence-electron chi connectivity index (χ0n) is 15.3. The lowest BCUT2D eigenvalue weighted by Crippen LogP contribution is -2.54. The summed E-state index contributed by atoms with van der Waals surface area (Å²) in [6.07, 6.45) is 1.35. The molecule has 142 valence electrons. The van der Waals surface area contributed by atoms with Crippen LogP contribution in [0.25, 0.3) is 0 Å².